The van der Waals surface area contributed by atoms with E-state index in [1.807, 2.05) is 7.05 Å². The van der Waals surface area contributed by atoms with Gasteiger partial charge in [-0.3, -0.25) is 9.35 Å². The molecule has 0 fully saturated rings. The smallest absolute Gasteiger partial charge is 0.266 e. The monoisotopic (exact) mass is 322 g/mol. The number of Topliss-reactive ketones (excluding diaryl/α,β-unsaturated/α-hetero) is 1. The lowest BCUT2D eigenvalue weighted by atomic mass is 10.1. The van der Waals surface area contributed by atoms with Gasteiger partial charge in [0.25, 0.3) is 10.1 Å². The normalized spacial score (nSPS) is 12.6. The Labute approximate surface area is 129 Å². The third-order valence-electron chi connectivity index (χ3n) is 3.33. The number of carbonyl (C=O) groups excluding carboxylic acids is 1. The van der Waals surface area contributed by atoms with E-state index in [4.69, 9.17) is 4.55 Å². The maximum absolute atomic E-state index is 10.9. The Morgan fingerprint density at radius 2 is 1.71 bits per heavy atom. The molecule has 6 nitrogen and oxygen atoms in total. The summed E-state index contributed by atoms with van der Waals surface area (Å²) in [5.74, 6) is 0.487. The van der Waals surface area contributed by atoms with E-state index in [0.29, 0.717) is 25.4 Å². The summed E-state index contributed by atoms with van der Waals surface area (Å²) in [6.45, 7) is 9.20. The second kappa shape index (κ2) is 10.3. The first kappa shape index (κ1) is 20.5. The molecule has 0 spiro atoms. The molecular weight excluding hydrogens is 292 g/mol. The molecule has 0 aromatic heterocycles. The zero-order valence-electron chi connectivity index (χ0n) is 13.7. The van der Waals surface area contributed by atoms with Gasteiger partial charge in [0.1, 0.15) is 5.78 Å². The zero-order chi connectivity index (χ0) is 16.5. The lowest BCUT2D eigenvalue weighted by molar-refractivity contribution is -0.117. The van der Waals surface area contributed by atoms with Gasteiger partial charge in [0.15, 0.2) is 0 Å². The van der Waals surface area contributed by atoms with Gasteiger partial charge in [-0.25, -0.2) is 0 Å². The van der Waals surface area contributed by atoms with Gasteiger partial charge in [0.2, 0.25) is 0 Å². The molecule has 0 unspecified atom stereocenters. The number of ketones is 1. The van der Waals surface area contributed by atoms with Crippen LogP contribution in [0.3, 0.4) is 0 Å². The highest BCUT2D eigenvalue weighted by Crippen LogP contribution is 2.03. The van der Waals surface area contributed by atoms with Crippen molar-refractivity contribution in [2.45, 2.75) is 33.6 Å². The molecule has 0 amide bonds. The van der Waals surface area contributed by atoms with E-state index in [1.54, 1.807) is 6.92 Å². The van der Waals surface area contributed by atoms with E-state index in [1.165, 1.54) is 0 Å². The fraction of sp³-hybridized carbons (Fsp3) is 0.929. The summed E-state index contributed by atoms with van der Waals surface area (Å²) in [6, 6.07) is 0. The summed E-state index contributed by atoms with van der Waals surface area (Å²) in [6.07, 6.45) is 1.52. The molecule has 0 radical (unpaired) electrons. The second-order valence-electron chi connectivity index (χ2n) is 6.07. The van der Waals surface area contributed by atoms with Crippen LogP contribution in [0.2, 0.25) is 0 Å². The summed E-state index contributed by atoms with van der Waals surface area (Å²) >= 11 is 0. The molecule has 0 atom stereocenters. The molecule has 21 heavy (non-hydrogen) atoms. The molecule has 126 valence electrons. The third-order valence-corrected chi connectivity index (χ3v) is 4.03. The van der Waals surface area contributed by atoms with Gasteiger partial charge in [-0.2, -0.15) is 8.42 Å². The lowest BCUT2D eigenvalue weighted by Gasteiger charge is -2.25. The van der Waals surface area contributed by atoms with Gasteiger partial charge in [-0.1, -0.05) is 13.8 Å². The minimum atomic E-state index is -3.92. The number of nitrogens with zero attached hydrogens (tertiary/aromatic N) is 2. The Morgan fingerprint density at radius 3 is 2.19 bits per heavy atom. The largest absolute Gasteiger partial charge is 0.305 e. The van der Waals surface area contributed by atoms with E-state index in [-0.39, 0.29) is 11.5 Å². The molecule has 0 aliphatic carbocycles. The molecule has 0 saturated heterocycles. The fourth-order valence-electron chi connectivity index (χ4n) is 1.79. The number of hydrogen-bond donors (Lipinski definition) is 1. The van der Waals surface area contributed by atoms with Crippen molar-refractivity contribution in [1.29, 1.82) is 0 Å². The van der Waals surface area contributed by atoms with Crippen molar-refractivity contribution in [3.8, 4) is 0 Å². The van der Waals surface area contributed by atoms with Crippen LogP contribution >= 0.6 is 0 Å². The minimum absolute atomic E-state index is 0.171. The summed E-state index contributed by atoms with van der Waals surface area (Å²) in [5.41, 5.74) is 0. The number of rotatable bonds is 12. The highest BCUT2D eigenvalue weighted by Gasteiger charge is 2.12. The van der Waals surface area contributed by atoms with Crippen LogP contribution in [-0.2, 0) is 14.9 Å². The molecule has 0 aliphatic rings. The quantitative estimate of drug-likeness (QED) is 0.543. The van der Waals surface area contributed by atoms with E-state index < -0.39 is 10.1 Å². The van der Waals surface area contributed by atoms with Crippen LogP contribution in [0.5, 0.6) is 0 Å². The molecule has 0 rings (SSSR count). The highest BCUT2D eigenvalue weighted by atomic mass is 32.2. The van der Waals surface area contributed by atoms with Crippen molar-refractivity contribution >= 4 is 15.9 Å². The third kappa shape index (κ3) is 14.2. The van der Waals surface area contributed by atoms with Crippen LogP contribution in [0, 0.1) is 5.92 Å². The first-order valence-corrected chi connectivity index (χ1v) is 9.06. The Balaban J connectivity index is 4.22. The topological polar surface area (TPSA) is 77.9 Å². The number of hydrogen-bond acceptors (Lipinski definition) is 5. The molecule has 0 aromatic rings. The van der Waals surface area contributed by atoms with Crippen LogP contribution < -0.4 is 0 Å². The summed E-state index contributed by atoms with van der Waals surface area (Å²) in [4.78, 5) is 15.1. The van der Waals surface area contributed by atoms with Crippen LogP contribution in [0.15, 0.2) is 0 Å². The second-order valence-corrected chi connectivity index (χ2v) is 7.64. The van der Waals surface area contributed by atoms with E-state index in [9.17, 15) is 13.2 Å². The van der Waals surface area contributed by atoms with Crippen molar-refractivity contribution in [3.05, 3.63) is 0 Å². The van der Waals surface area contributed by atoms with Crippen molar-refractivity contribution in [3.63, 3.8) is 0 Å². The van der Waals surface area contributed by atoms with Gasteiger partial charge in [-0.15, -0.1) is 0 Å². The molecular formula is C14H30N2O4S. The van der Waals surface area contributed by atoms with E-state index >= 15 is 0 Å². The number of likely N-dealkylation sites (N-methyl/N-ethyl adjacent to an activating group) is 1. The molecule has 0 saturated carbocycles. The summed E-state index contributed by atoms with van der Waals surface area (Å²) in [7, 11) is -1.97. The van der Waals surface area contributed by atoms with Gasteiger partial charge in [0, 0.05) is 32.6 Å². The minimum Gasteiger partial charge on any atom is -0.305 e. The van der Waals surface area contributed by atoms with E-state index in [0.717, 1.165) is 26.1 Å². The van der Waals surface area contributed by atoms with Crippen molar-refractivity contribution in [2.24, 2.45) is 5.92 Å². The average Bonchev–Trinajstić information content (AvgIpc) is 2.33. The molecule has 0 bridgehead atoms. The molecule has 0 aliphatic heterocycles. The van der Waals surface area contributed by atoms with Gasteiger partial charge < -0.3 is 9.80 Å². The Bertz CT molecular complexity index is 396. The first-order chi connectivity index (χ1) is 9.60. The maximum atomic E-state index is 10.9. The zero-order valence-corrected chi connectivity index (χ0v) is 14.5. The summed E-state index contributed by atoms with van der Waals surface area (Å²) in [5, 5.41) is 0. The average molecular weight is 322 g/mol. The molecule has 7 heteroatoms. The van der Waals surface area contributed by atoms with E-state index in [2.05, 4.69) is 23.6 Å². The van der Waals surface area contributed by atoms with Gasteiger partial charge >= 0.3 is 0 Å². The predicted molar refractivity (Wildman–Crippen MR) is 85.1 cm³/mol. The van der Waals surface area contributed by atoms with Crippen molar-refractivity contribution < 1.29 is 17.8 Å². The Morgan fingerprint density at radius 1 is 1.10 bits per heavy atom. The SMILES string of the molecule is CC(=O)CCN(C)CCN(CCC(C)C)CCS(=O)(=O)O. The number of carbonyl (C=O) groups is 1. The fourth-order valence-corrected chi connectivity index (χ4v) is 2.28. The molecule has 0 heterocycles. The molecule has 1 N–H and O–H groups in total. The Kier molecular flexibility index (Phi) is 10.0. The van der Waals surface area contributed by atoms with Crippen LogP contribution in [0.4, 0.5) is 0 Å². The van der Waals surface area contributed by atoms with Crippen LogP contribution in [-0.4, -0.2) is 74.1 Å². The maximum Gasteiger partial charge on any atom is 0.266 e. The van der Waals surface area contributed by atoms with Gasteiger partial charge in [0.05, 0.1) is 5.75 Å². The first-order valence-electron chi connectivity index (χ1n) is 7.45. The van der Waals surface area contributed by atoms with Crippen molar-refractivity contribution in [2.75, 3.05) is 45.5 Å². The predicted octanol–water partition coefficient (Wildman–Crippen LogP) is 1.13. The van der Waals surface area contributed by atoms with Crippen LogP contribution in [0.25, 0.3) is 0 Å². The summed E-state index contributed by atoms with van der Waals surface area (Å²) < 4.78 is 30.6. The van der Waals surface area contributed by atoms with Crippen LogP contribution in [0.1, 0.15) is 33.6 Å². The Hall–Kier alpha value is -0.500. The standard InChI is InChI=1S/C14H30N2O4S/c1-13(2)5-8-16(11-12-21(18,19)20)10-9-15(4)7-6-14(3)17/h13H,5-12H2,1-4H3,(H,18,19,20). The van der Waals surface area contributed by atoms with Gasteiger partial charge in [-0.05, 0) is 32.9 Å². The van der Waals surface area contributed by atoms with Crippen molar-refractivity contribution in [1.82, 2.24) is 9.80 Å². The highest BCUT2D eigenvalue weighted by molar-refractivity contribution is 7.85. The molecule has 0 aromatic carbocycles. The lowest BCUT2D eigenvalue weighted by Crippen LogP contribution is -2.37.